The predicted molar refractivity (Wildman–Crippen MR) is 222 cm³/mol. The van der Waals surface area contributed by atoms with Gasteiger partial charge in [0.05, 0.1) is 47.1 Å². The van der Waals surface area contributed by atoms with Crippen molar-refractivity contribution in [1.82, 2.24) is 19.6 Å². The van der Waals surface area contributed by atoms with Crippen molar-refractivity contribution in [2.45, 2.75) is 12.7 Å². The van der Waals surface area contributed by atoms with E-state index in [1.54, 1.807) is 26.2 Å². The van der Waals surface area contributed by atoms with E-state index < -0.39 is 25.2 Å². The normalized spacial score (nSPS) is 15.3. The van der Waals surface area contributed by atoms with Crippen molar-refractivity contribution in [1.29, 1.82) is 0 Å². The lowest BCUT2D eigenvalue weighted by Gasteiger charge is -2.33. The van der Waals surface area contributed by atoms with E-state index in [1.807, 2.05) is 46.2 Å². The molecule has 1 saturated heterocycles. The van der Waals surface area contributed by atoms with Gasteiger partial charge >= 0.3 is 17.9 Å². The SMILES string of the molecule is COc1ccc([P+](Cc2ccc(CN3CCN(CC(=O)O)CCN(CC(=O)O)CCN(CC(=O)O)CC3)cc2)(c2ccc(OC)cc2)c2ccc(OC)cc2)cc1.[Br-]. The van der Waals surface area contributed by atoms with Gasteiger partial charge in [0.2, 0.25) is 0 Å². The van der Waals surface area contributed by atoms with Crippen LogP contribution in [0.3, 0.4) is 0 Å². The average molecular weight is 882 g/mol. The Kier molecular flexibility index (Phi) is 17.9. The molecule has 1 aliphatic heterocycles. The first-order valence-corrected chi connectivity index (χ1v) is 20.9. The van der Waals surface area contributed by atoms with Gasteiger partial charge < -0.3 is 46.5 Å². The lowest BCUT2D eigenvalue weighted by molar-refractivity contribution is -0.140. The minimum Gasteiger partial charge on any atom is -1.00 e. The van der Waals surface area contributed by atoms with Crippen LogP contribution in [-0.2, 0) is 27.1 Å². The van der Waals surface area contributed by atoms with Crippen LogP contribution in [-0.4, -0.2) is 146 Å². The zero-order chi connectivity index (χ0) is 40.8. The molecule has 0 atom stereocenters. The van der Waals surface area contributed by atoms with E-state index in [-0.39, 0.29) is 36.6 Å². The molecule has 4 aromatic rings. The summed E-state index contributed by atoms with van der Waals surface area (Å²) in [6.07, 6.45) is 0.745. The molecule has 3 N–H and O–H groups in total. The summed E-state index contributed by atoms with van der Waals surface area (Å²) >= 11 is 0. The molecule has 312 valence electrons. The van der Waals surface area contributed by atoms with E-state index in [0.29, 0.717) is 58.9 Å². The summed E-state index contributed by atoms with van der Waals surface area (Å²) in [5.41, 5.74) is 2.24. The molecule has 5 rings (SSSR count). The standard InChI is InChI=1S/C43H53N4O9P.BrH/c1-54-35-8-14-38(15-9-35)57(39-16-10-36(55-2)11-17-39,40-18-12-37(56-3)13-19-40)32-34-6-4-33(5-7-34)28-44-20-22-45(29-41(48)49)24-26-47(31-43(52)53)27-25-46(23-21-44)30-42(50)51;/h4-19H,20-32H2,1-3H3,(H2-,48,49,50,51,52,53);1H. The summed E-state index contributed by atoms with van der Waals surface area (Å²) in [6.45, 7) is 3.57. The van der Waals surface area contributed by atoms with Gasteiger partial charge in [-0.1, -0.05) is 24.3 Å². The Bertz CT molecular complexity index is 1750. The number of ether oxygens (including phenoxy) is 3. The van der Waals surface area contributed by atoms with Crippen molar-refractivity contribution < 1.29 is 60.9 Å². The average Bonchev–Trinajstić information content (AvgIpc) is 3.21. The van der Waals surface area contributed by atoms with Gasteiger partial charge in [-0.15, -0.1) is 0 Å². The summed E-state index contributed by atoms with van der Waals surface area (Å²) in [7, 11) is 2.69. The maximum Gasteiger partial charge on any atom is 0.317 e. The van der Waals surface area contributed by atoms with E-state index in [0.717, 1.165) is 34.5 Å². The molecular formula is C43H54BrN4O9P. The zero-order valence-electron chi connectivity index (χ0n) is 33.3. The van der Waals surface area contributed by atoms with E-state index in [2.05, 4.69) is 65.6 Å². The first-order valence-electron chi connectivity index (χ1n) is 19.0. The second-order valence-corrected chi connectivity index (χ2v) is 17.6. The van der Waals surface area contributed by atoms with Gasteiger partial charge in [-0.05, 0) is 83.9 Å². The summed E-state index contributed by atoms with van der Waals surface area (Å²) in [4.78, 5) is 42.7. The van der Waals surface area contributed by atoms with Crippen LogP contribution in [0.4, 0.5) is 0 Å². The quantitative estimate of drug-likeness (QED) is 0.132. The Morgan fingerprint density at radius 2 is 0.741 bits per heavy atom. The Hall–Kier alpha value is -4.56. The number of hydrogen-bond acceptors (Lipinski definition) is 10. The van der Waals surface area contributed by atoms with Crippen molar-refractivity contribution in [3.05, 3.63) is 108 Å². The molecule has 0 unspecified atom stereocenters. The highest BCUT2D eigenvalue weighted by atomic mass is 79.9. The van der Waals surface area contributed by atoms with Crippen molar-refractivity contribution in [2.75, 3.05) is 93.3 Å². The van der Waals surface area contributed by atoms with Gasteiger partial charge in [0.25, 0.3) is 0 Å². The number of rotatable bonds is 16. The van der Waals surface area contributed by atoms with E-state index >= 15 is 0 Å². The molecule has 15 heteroatoms. The zero-order valence-corrected chi connectivity index (χ0v) is 35.8. The summed E-state index contributed by atoms with van der Waals surface area (Å²) in [6, 6.07) is 33.7. The van der Waals surface area contributed by atoms with Crippen LogP contribution in [0.25, 0.3) is 0 Å². The van der Waals surface area contributed by atoms with Crippen LogP contribution in [0.2, 0.25) is 0 Å². The van der Waals surface area contributed by atoms with Crippen LogP contribution in [0.5, 0.6) is 17.2 Å². The number of hydrogen-bond donors (Lipinski definition) is 3. The monoisotopic (exact) mass is 880 g/mol. The third kappa shape index (κ3) is 13.0. The molecule has 0 aliphatic carbocycles. The van der Waals surface area contributed by atoms with Crippen molar-refractivity contribution in [3.63, 3.8) is 0 Å². The number of halogens is 1. The van der Waals surface area contributed by atoms with E-state index in [4.69, 9.17) is 14.2 Å². The Balaban J connectivity index is 0.00000744. The topological polar surface area (TPSA) is 153 Å². The fourth-order valence-corrected chi connectivity index (χ4v) is 11.5. The summed E-state index contributed by atoms with van der Waals surface area (Å²) in [5, 5.41) is 32.3. The van der Waals surface area contributed by atoms with Gasteiger partial charge in [0, 0.05) is 58.9 Å². The second kappa shape index (κ2) is 22.6. The summed E-state index contributed by atoms with van der Waals surface area (Å²) in [5.74, 6) is -0.526. The van der Waals surface area contributed by atoms with Gasteiger partial charge in [-0.25, -0.2) is 0 Å². The molecule has 13 nitrogen and oxygen atoms in total. The minimum atomic E-state index is -2.31. The van der Waals surface area contributed by atoms with Gasteiger partial charge in [0.15, 0.2) is 0 Å². The predicted octanol–water partition coefficient (Wildman–Crippen LogP) is 0.186. The molecule has 0 spiro atoms. The maximum absolute atomic E-state index is 11.8. The largest absolute Gasteiger partial charge is 1.00 e. The lowest BCUT2D eigenvalue weighted by atomic mass is 10.1. The number of nitrogens with zero attached hydrogens (tertiary/aromatic N) is 4. The Morgan fingerprint density at radius 3 is 1.02 bits per heavy atom. The number of benzene rings is 4. The fourth-order valence-electron chi connectivity index (χ4n) is 7.30. The highest BCUT2D eigenvalue weighted by Crippen LogP contribution is 2.58. The maximum atomic E-state index is 11.8. The molecule has 0 radical (unpaired) electrons. The molecule has 0 amide bonds. The fraction of sp³-hybridized carbons (Fsp3) is 0.372. The Labute approximate surface area is 351 Å². The first kappa shape index (κ1) is 46.1. The third-order valence-electron chi connectivity index (χ3n) is 10.4. The number of carbonyl (C=O) groups is 3. The minimum absolute atomic E-state index is 0. The van der Waals surface area contributed by atoms with Crippen LogP contribution < -0.4 is 47.1 Å². The highest BCUT2D eigenvalue weighted by molar-refractivity contribution is 7.95. The molecule has 0 bridgehead atoms. The van der Waals surface area contributed by atoms with Crippen LogP contribution in [0.15, 0.2) is 97.1 Å². The van der Waals surface area contributed by atoms with Crippen LogP contribution >= 0.6 is 7.26 Å². The van der Waals surface area contributed by atoms with E-state index in [9.17, 15) is 29.7 Å². The molecule has 4 aromatic carbocycles. The summed E-state index contributed by atoms with van der Waals surface area (Å²) < 4.78 is 16.6. The second-order valence-electron chi connectivity index (χ2n) is 14.2. The molecule has 58 heavy (non-hydrogen) atoms. The number of methoxy groups -OCH3 is 3. The van der Waals surface area contributed by atoms with Gasteiger partial charge in [0.1, 0.15) is 40.4 Å². The van der Waals surface area contributed by atoms with Crippen molar-refractivity contribution in [2.24, 2.45) is 0 Å². The molecule has 1 heterocycles. The molecule has 0 aromatic heterocycles. The highest BCUT2D eigenvalue weighted by Gasteiger charge is 2.45. The van der Waals surface area contributed by atoms with Crippen molar-refractivity contribution >= 4 is 41.1 Å². The lowest BCUT2D eigenvalue weighted by Crippen LogP contribution is -3.00. The van der Waals surface area contributed by atoms with Crippen LogP contribution in [0, 0.1) is 0 Å². The smallest absolute Gasteiger partial charge is 0.317 e. The molecular weight excluding hydrogens is 827 g/mol. The number of carboxylic acids is 3. The first-order chi connectivity index (χ1) is 27.5. The van der Waals surface area contributed by atoms with E-state index in [1.165, 1.54) is 15.9 Å². The van der Waals surface area contributed by atoms with Crippen LogP contribution in [0.1, 0.15) is 11.1 Å². The third-order valence-corrected chi connectivity index (χ3v) is 14.8. The molecule has 1 aliphatic rings. The Morgan fingerprint density at radius 1 is 0.466 bits per heavy atom. The van der Waals surface area contributed by atoms with Gasteiger partial charge in [-0.2, -0.15) is 0 Å². The van der Waals surface area contributed by atoms with Gasteiger partial charge in [-0.3, -0.25) is 34.0 Å². The number of carboxylic acid groups (broad SMARTS) is 3. The van der Waals surface area contributed by atoms with Crippen molar-refractivity contribution in [3.8, 4) is 17.2 Å². The number of aliphatic carboxylic acids is 3. The molecule has 1 fully saturated rings. The molecule has 0 saturated carbocycles.